The van der Waals surface area contributed by atoms with E-state index in [1.165, 1.54) is 32.1 Å². The molecule has 0 radical (unpaired) electrons. The molecule has 0 aliphatic heterocycles. The molecule has 0 amide bonds. The molecule has 0 heterocycles. The van der Waals surface area contributed by atoms with Crippen LogP contribution >= 0.6 is 0 Å². The van der Waals surface area contributed by atoms with Crippen LogP contribution in [0.15, 0.2) is 0 Å². The zero-order chi connectivity index (χ0) is 12.4. The van der Waals surface area contributed by atoms with E-state index in [0.717, 1.165) is 13.2 Å². The van der Waals surface area contributed by atoms with Crippen LogP contribution in [0.25, 0.3) is 0 Å². The minimum absolute atomic E-state index is 0.378. The minimum Gasteiger partial charge on any atom is -0.385 e. The number of ether oxygens (including phenoxy) is 1. The van der Waals surface area contributed by atoms with Crippen LogP contribution in [0.1, 0.15) is 59.8 Å². The Labute approximate surface area is 102 Å². The van der Waals surface area contributed by atoms with E-state index in [4.69, 9.17) is 4.74 Å². The van der Waals surface area contributed by atoms with Crippen LogP contribution in [0.2, 0.25) is 0 Å². The van der Waals surface area contributed by atoms with Gasteiger partial charge in [-0.05, 0) is 24.8 Å². The predicted octanol–water partition coefficient (Wildman–Crippen LogP) is 3.61. The van der Waals surface area contributed by atoms with Gasteiger partial charge < -0.3 is 10.1 Å². The molecule has 2 heteroatoms. The summed E-state index contributed by atoms with van der Waals surface area (Å²) in [5, 5.41) is 3.60. The second kappa shape index (κ2) is 9.00. The molecule has 98 valence electrons. The fourth-order valence-electron chi connectivity index (χ4n) is 2.04. The highest BCUT2D eigenvalue weighted by atomic mass is 16.5. The van der Waals surface area contributed by atoms with Crippen molar-refractivity contribution in [3.8, 4) is 0 Å². The van der Waals surface area contributed by atoms with Crippen molar-refractivity contribution >= 4 is 0 Å². The van der Waals surface area contributed by atoms with E-state index in [2.05, 4.69) is 33.0 Å². The SMILES string of the molecule is CCNC(CCCCCCOC)C(C)(C)C. The molecule has 0 fully saturated rings. The smallest absolute Gasteiger partial charge is 0.0462 e. The van der Waals surface area contributed by atoms with Crippen molar-refractivity contribution in [3.63, 3.8) is 0 Å². The maximum atomic E-state index is 5.05. The largest absolute Gasteiger partial charge is 0.385 e. The summed E-state index contributed by atoms with van der Waals surface area (Å²) >= 11 is 0. The first-order chi connectivity index (χ1) is 7.52. The Balaban J connectivity index is 3.61. The topological polar surface area (TPSA) is 21.3 Å². The summed E-state index contributed by atoms with van der Waals surface area (Å²) < 4.78 is 5.05. The quantitative estimate of drug-likeness (QED) is 0.610. The first kappa shape index (κ1) is 15.9. The molecule has 16 heavy (non-hydrogen) atoms. The van der Waals surface area contributed by atoms with Gasteiger partial charge in [0.15, 0.2) is 0 Å². The van der Waals surface area contributed by atoms with Gasteiger partial charge in [-0.1, -0.05) is 47.0 Å². The summed E-state index contributed by atoms with van der Waals surface area (Å²) in [5.41, 5.74) is 0.378. The van der Waals surface area contributed by atoms with E-state index >= 15 is 0 Å². The summed E-state index contributed by atoms with van der Waals surface area (Å²) in [4.78, 5) is 0. The highest BCUT2D eigenvalue weighted by Crippen LogP contribution is 2.23. The lowest BCUT2D eigenvalue weighted by Gasteiger charge is -2.31. The maximum Gasteiger partial charge on any atom is 0.0462 e. The Kier molecular flexibility index (Phi) is 8.96. The third kappa shape index (κ3) is 8.12. The third-order valence-electron chi connectivity index (χ3n) is 3.09. The van der Waals surface area contributed by atoms with Crippen molar-refractivity contribution in [2.45, 2.75) is 65.8 Å². The molecule has 0 bridgehead atoms. The summed E-state index contributed by atoms with van der Waals surface area (Å²) in [7, 11) is 1.78. The van der Waals surface area contributed by atoms with Crippen LogP contribution in [0.3, 0.4) is 0 Å². The van der Waals surface area contributed by atoms with Crippen molar-refractivity contribution in [3.05, 3.63) is 0 Å². The number of hydrogen-bond donors (Lipinski definition) is 1. The van der Waals surface area contributed by atoms with Gasteiger partial charge in [0, 0.05) is 19.8 Å². The highest BCUT2D eigenvalue weighted by Gasteiger charge is 2.22. The second-order valence-corrected chi connectivity index (χ2v) is 5.67. The van der Waals surface area contributed by atoms with Gasteiger partial charge in [0.2, 0.25) is 0 Å². The number of rotatable bonds is 9. The lowest BCUT2D eigenvalue weighted by atomic mass is 9.83. The van der Waals surface area contributed by atoms with Gasteiger partial charge in [-0.2, -0.15) is 0 Å². The number of methoxy groups -OCH3 is 1. The van der Waals surface area contributed by atoms with Crippen molar-refractivity contribution < 1.29 is 4.74 Å². The van der Waals surface area contributed by atoms with Crippen LogP contribution in [-0.4, -0.2) is 26.3 Å². The molecule has 0 saturated heterocycles. The van der Waals surface area contributed by atoms with Gasteiger partial charge in [-0.25, -0.2) is 0 Å². The molecular weight excluding hydrogens is 198 g/mol. The van der Waals surface area contributed by atoms with Crippen molar-refractivity contribution in [2.24, 2.45) is 5.41 Å². The fraction of sp³-hybridized carbons (Fsp3) is 1.00. The maximum absolute atomic E-state index is 5.05. The molecule has 0 spiro atoms. The zero-order valence-electron chi connectivity index (χ0n) is 11.9. The third-order valence-corrected chi connectivity index (χ3v) is 3.09. The van der Waals surface area contributed by atoms with Gasteiger partial charge in [-0.15, -0.1) is 0 Å². The van der Waals surface area contributed by atoms with Crippen molar-refractivity contribution in [1.29, 1.82) is 0 Å². The van der Waals surface area contributed by atoms with E-state index < -0.39 is 0 Å². The number of unbranched alkanes of at least 4 members (excludes halogenated alkanes) is 3. The standard InChI is InChI=1S/C14H31NO/c1-6-15-13(14(2,3)4)11-9-7-8-10-12-16-5/h13,15H,6-12H2,1-5H3. The van der Waals surface area contributed by atoms with E-state index in [1.807, 2.05) is 0 Å². The molecule has 0 aromatic heterocycles. The van der Waals surface area contributed by atoms with E-state index in [1.54, 1.807) is 7.11 Å². The minimum atomic E-state index is 0.378. The normalized spacial score (nSPS) is 14.1. The summed E-state index contributed by atoms with van der Waals surface area (Å²) in [6.07, 6.45) is 6.47. The van der Waals surface area contributed by atoms with Gasteiger partial charge in [-0.3, -0.25) is 0 Å². The number of nitrogens with one attached hydrogen (secondary N) is 1. The van der Waals surface area contributed by atoms with Crippen LogP contribution < -0.4 is 5.32 Å². The summed E-state index contributed by atoms with van der Waals surface area (Å²) in [6.45, 7) is 11.2. The average molecular weight is 229 g/mol. The van der Waals surface area contributed by atoms with Crippen LogP contribution in [0, 0.1) is 5.41 Å². The molecule has 1 N–H and O–H groups in total. The van der Waals surface area contributed by atoms with E-state index in [-0.39, 0.29) is 0 Å². The average Bonchev–Trinajstić information content (AvgIpc) is 2.20. The van der Waals surface area contributed by atoms with Crippen LogP contribution in [0.4, 0.5) is 0 Å². The molecule has 0 aromatic carbocycles. The summed E-state index contributed by atoms with van der Waals surface area (Å²) in [5.74, 6) is 0. The van der Waals surface area contributed by atoms with Gasteiger partial charge >= 0.3 is 0 Å². The molecule has 0 rings (SSSR count). The van der Waals surface area contributed by atoms with Crippen molar-refractivity contribution in [1.82, 2.24) is 5.32 Å². The lowest BCUT2D eigenvalue weighted by Crippen LogP contribution is -2.40. The Bertz CT molecular complexity index is 151. The van der Waals surface area contributed by atoms with Gasteiger partial charge in [0.1, 0.15) is 0 Å². The van der Waals surface area contributed by atoms with E-state index in [0.29, 0.717) is 11.5 Å². The molecule has 0 saturated carbocycles. The Morgan fingerprint density at radius 3 is 2.19 bits per heavy atom. The zero-order valence-corrected chi connectivity index (χ0v) is 11.9. The first-order valence-electron chi connectivity index (χ1n) is 6.74. The highest BCUT2D eigenvalue weighted by molar-refractivity contribution is 4.79. The van der Waals surface area contributed by atoms with Crippen LogP contribution in [-0.2, 0) is 4.74 Å². The van der Waals surface area contributed by atoms with Gasteiger partial charge in [0.05, 0.1) is 0 Å². The molecule has 1 atom stereocenters. The fourth-order valence-corrected chi connectivity index (χ4v) is 2.04. The molecule has 1 unspecified atom stereocenters. The molecule has 0 aliphatic rings. The van der Waals surface area contributed by atoms with E-state index in [9.17, 15) is 0 Å². The van der Waals surface area contributed by atoms with Gasteiger partial charge in [0.25, 0.3) is 0 Å². The second-order valence-electron chi connectivity index (χ2n) is 5.67. The molecule has 2 nitrogen and oxygen atoms in total. The lowest BCUT2D eigenvalue weighted by molar-refractivity contribution is 0.191. The Morgan fingerprint density at radius 1 is 1.06 bits per heavy atom. The number of hydrogen-bond acceptors (Lipinski definition) is 2. The Morgan fingerprint density at radius 2 is 1.69 bits per heavy atom. The summed E-state index contributed by atoms with van der Waals surface area (Å²) in [6, 6.07) is 0.653. The monoisotopic (exact) mass is 229 g/mol. The first-order valence-corrected chi connectivity index (χ1v) is 6.74. The van der Waals surface area contributed by atoms with Crippen molar-refractivity contribution in [2.75, 3.05) is 20.3 Å². The predicted molar refractivity (Wildman–Crippen MR) is 71.9 cm³/mol. The Hall–Kier alpha value is -0.0800. The molecule has 0 aromatic rings. The molecule has 0 aliphatic carbocycles. The van der Waals surface area contributed by atoms with Crippen LogP contribution in [0.5, 0.6) is 0 Å². The molecular formula is C14H31NO.